The van der Waals surface area contributed by atoms with E-state index in [1.165, 1.54) is 11.1 Å². The van der Waals surface area contributed by atoms with Gasteiger partial charge in [-0.05, 0) is 48.6 Å². The standard InChI is InChI=1S/C18H18N4O2/c19-16(23)9-10-17-20-18(15-8-3-11-24-15)21-22(17)14-7-2-5-12-4-1-6-13(12)14/h2-3,5,7-8,11H,1,4,6,9-10H2,(H2,19,23). The maximum atomic E-state index is 11.2. The van der Waals surface area contributed by atoms with Crippen molar-refractivity contribution in [3.8, 4) is 17.3 Å². The van der Waals surface area contributed by atoms with Crippen LogP contribution in [-0.2, 0) is 24.1 Å². The molecular formula is C18H18N4O2. The molecule has 1 amide bonds. The first-order chi connectivity index (χ1) is 11.7. The van der Waals surface area contributed by atoms with Crippen LogP contribution in [0.2, 0.25) is 0 Å². The summed E-state index contributed by atoms with van der Waals surface area (Å²) in [7, 11) is 0. The van der Waals surface area contributed by atoms with E-state index < -0.39 is 0 Å². The lowest BCUT2D eigenvalue weighted by molar-refractivity contribution is -0.118. The zero-order chi connectivity index (χ0) is 16.5. The molecule has 2 aromatic heterocycles. The van der Waals surface area contributed by atoms with E-state index in [0.717, 1.165) is 30.8 Å². The van der Waals surface area contributed by atoms with Gasteiger partial charge >= 0.3 is 0 Å². The quantitative estimate of drug-likeness (QED) is 0.781. The highest BCUT2D eigenvalue weighted by Gasteiger charge is 2.20. The van der Waals surface area contributed by atoms with E-state index in [-0.39, 0.29) is 12.3 Å². The van der Waals surface area contributed by atoms with E-state index >= 15 is 0 Å². The SMILES string of the molecule is NC(=O)CCc1nc(-c2ccco2)nn1-c1cccc2c1CCC2. The molecule has 6 nitrogen and oxygen atoms in total. The van der Waals surface area contributed by atoms with Gasteiger partial charge in [-0.25, -0.2) is 9.67 Å². The van der Waals surface area contributed by atoms with Crippen LogP contribution in [0.5, 0.6) is 0 Å². The second-order valence-electron chi connectivity index (χ2n) is 5.98. The number of nitrogens with zero attached hydrogens (tertiary/aromatic N) is 3. The number of benzene rings is 1. The second kappa shape index (κ2) is 5.96. The van der Waals surface area contributed by atoms with Gasteiger partial charge in [0.15, 0.2) is 5.76 Å². The molecule has 0 saturated heterocycles. The Morgan fingerprint density at radius 2 is 2.17 bits per heavy atom. The summed E-state index contributed by atoms with van der Waals surface area (Å²) in [6.07, 6.45) is 5.58. The van der Waals surface area contributed by atoms with E-state index in [1.807, 2.05) is 16.8 Å². The van der Waals surface area contributed by atoms with E-state index in [9.17, 15) is 4.79 Å². The van der Waals surface area contributed by atoms with E-state index in [4.69, 9.17) is 10.2 Å². The third-order valence-corrected chi connectivity index (χ3v) is 4.36. The Bertz CT molecular complexity index is 881. The fourth-order valence-electron chi connectivity index (χ4n) is 3.24. The molecule has 0 unspecified atom stereocenters. The van der Waals surface area contributed by atoms with Crippen LogP contribution in [0.15, 0.2) is 41.0 Å². The summed E-state index contributed by atoms with van der Waals surface area (Å²) in [6.45, 7) is 0. The van der Waals surface area contributed by atoms with Crippen LogP contribution in [0.1, 0.15) is 29.8 Å². The Kier molecular flexibility index (Phi) is 3.65. The Morgan fingerprint density at radius 3 is 2.96 bits per heavy atom. The molecule has 0 bridgehead atoms. The van der Waals surface area contributed by atoms with Gasteiger partial charge in [-0.1, -0.05) is 12.1 Å². The molecule has 4 rings (SSSR count). The van der Waals surface area contributed by atoms with Crippen molar-refractivity contribution in [2.45, 2.75) is 32.1 Å². The molecule has 122 valence electrons. The van der Waals surface area contributed by atoms with E-state index in [2.05, 4.69) is 22.2 Å². The van der Waals surface area contributed by atoms with Crippen molar-refractivity contribution >= 4 is 5.91 Å². The van der Waals surface area contributed by atoms with Gasteiger partial charge in [0.25, 0.3) is 0 Å². The lowest BCUT2D eigenvalue weighted by Gasteiger charge is -2.10. The molecule has 1 aliphatic carbocycles. The number of carbonyl (C=O) groups is 1. The molecule has 2 N–H and O–H groups in total. The predicted molar refractivity (Wildman–Crippen MR) is 88.6 cm³/mol. The van der Waals surface area contributed by atoms with Crippen LogP contribution in [0.4, 0.5) is 0 Å². The van der Waals surface area contributed by atoms with Gasteiger partial charge in [0.05, 0.1) is 12.0 Å². The number of carbonyl (C=O) groups excluding carboxylic acids is 1. The largest absolute Gasteiger partial charge is 0.461 e. The van der Waals surface area contributed by atoms with Crippen molar-refractivity contribution in [3.63, 3.8) is 0 Å². The average molecular weight is 322 g/mol. The first-order valence-corrected chi connectivity index (χ1v) is 8.11. The number of nitrogens with two attached hydrogens (primary N) is 1. The van der Waals surface area contributed by atoms with Crippen LogP contribution in [0, 0.1) is 0 Å². The van der Waals surface area contributed by atoms with Crippen molar-refractivity contribution in [1.29, 1.82) is 0 Å². The van der Waals surface area contributed by atoms with Gasteiger partial charge in [0.2, 0.25) is 11.7 Å². The Hall–Kier alpha value is -2.89. The maximum absolute atomic E-state index is 11.2. The Balaban J connectivity index is 1.81. The number of amides is 1. The molecule has 0 spiro atoms. The van der Waals surface area contributed by atoms with Gasteiger partial charge in [-0.15, -0.1) is 5.10 Å². The maximum Gasteiger partial charge on any atom is 0.217 e. The van der Waals surface area contributed by atoms with Crippen molar-refractivity contribution in [3.05, 3.63) is 53.5 Å². The second-order valence-corrected chi connectivity index (χ2v) is 5.98. The summed E-state index contributed by atoms with van der Waals surface area (Å²) in [5, 5.41) is 4.64. The number of aryl methyl sites for hydroxylation is 2. The molecule has 1 aromatic carbocycles. The number of furan rings is 1. The molecule has 1 aliphatic rings. The van der Waals surface area contributed by atoms with Crippen LogP contribution in [-0.4, -0.2) is 20.7 Å². The number of fused-ring (bicyclic) bond motifs is 1. The molecular weight excluding hydrogens is 304 g/mol. The van der Waals surface area contributed by atoms with Crippen molar-refractivity contribution < 1.29 is 9.21 Å². The summed E-state index contributed by atoms with van der Waals surface area (Å²) in [5.41, 5.74) is 9.02. The highest BCUT2D eigenvalue weighted by atomic mass is 16.3. The van der Waals surface area contributed by atoms with Gasteiger partial charge in [0.1, 0.15) is 5.82 Å². The smallest absolute Gasteiger partial charge is 0.217 e. The zero-order valence-corrected chi connectivity index (χ0v) is 13.2. The number of primary amides is 1. The highest BCUT2D eigenvalue weighted by molar-refractivity contribution is 5.73. The predicted octanol–water partition coefficient (Wildman–Crippen LogP) is 2.43. The van der Waals surface area contributed by atoms with E-state index in [0.29, 0.717) is 18.0 Å². The fraction of sp³-hybridized carbons (Fsp3) is 0.278. The number of rotatable bonds is 5. The lowest BCUT2D eigenvalue weighted by Crippen LogP contribution is -2.14. The van der Waals surface area contributed by atoms with Crippen LogP contribution in [0.3, 0.4) is 0 Å². The molecule has 24 heavy (non-hydrogen) atoms. The minimum absolute atomic E-state index is 0.241. The number of hydrogen-bond acceptors (Lipinski definition) is 4. The first kappa shape index (κ1) is 14.7. The van der Waals surface area contributed by atoms with Crippen molar-refractivity contribution in [1.82, 2.24) is 14.8 Å². The van der Waals surface area contributed by atoms with Gasteiger partial charge in [-0.3, -0.25) is 4.79 Å². The van der Waals surface area contributed by atoms with Gasteiger partial charge < -0.3 is 10.2 Å². The fourth-order valence-corrected chi connectivity index (χ4v) is 3.24. The van der Waals surface area contributed by atoms with E-state index in [1.54, 1.807) is 12.3 Å². The van der Waals surface area contributed by atoms with Crippen LogP contribution >= 0.6 is 0 Å². The summed E-state index contributed by atoms with van der Waals surface area (Å²) in [6, 6.07) is 9.90. The molecule has 3 aromatic rings. The third kappa shape index (κ3) is 2.60. The number of hydrogen-bond donors (Lipinski definition) is 1. The normalized spacial score (nSPS) is 13.2. The summed E-state index contributed by atoms with van der Waals surface area (Å²) >= 11 is 0. The Morgan fingerprint density at radius 1 is 1.25 bits per heavy atom. The lowest BCUT2D eigenvalue weighted by atomic mass is 10.1. The number of aromatic nitrogens is 3. The average Bonchev–Trinajstić information content (AvgIpc) is 3.30. The molecule has 0 aliphatic heterocycles. The summed E-state index contributed by atoms with van der Waals surface area (Å²) < 4.78 is 7.25. The summed E-state index contributed by atoms with van der Waals surface area (Å²) in [5.74, 6) is 1.51. The third-order valence-electron chi connectivity index (χ3n) is 4.36. The van der Waals surface area contributed by atoms with Gasteiger partial charge in [0, 0.05) is 12.8 Å². The van der Waals surface area contributed by atoms with Crippen LogP contribution in [0.25, 0.3) is 17.3 Å². The molecule has 0 fully saturated rings. The minimum atomic E-state index is -0.345. The van der Waals surface area contributed by atoms with Crippen LogP contribution < -0.4 is 5.73 Å². The molecule has 0 radical (unpaired) electrons. The Labute approximate surface area is 139 Å². The molecule has 6 heteroatoms. The monoisotopic (exact) mass is 322 g/mol. The topological polar surface area (TPSA) is 86.9 Å². The molecule has 0 saturated carbocycles. The minimum Gasteiger partial charge on any atom is -0.461 e. The van der Waals surface area contributed by atoms with Crippen molar-refractivity contribution in [2.24, 2.45) is 5.73 Å². The first-order valence-electron chi connectivity index (χ1n) is 8.11. The highest BCUT2D eigenvalue weighted by Crippen LogP contribution is 2.29. The summed E-state index contributed by atoms with van der Waals surface area (Å²) in [4.78, 5) is 15.8. The molecule has 2 heterocycles. The van der Waals surface area contributed by atoms with Crippen molar-refractivity contribution in [2.75, 3.05) is 0 Å². The zero-order valence-electron chi connectivity index (χ0n) is 13.2. The molecule has 0 atom stereocenters. The van der Waals surface area contributed by atoms with Gasteiger partial charge in [-0.2, -0.15) is 0 Å².